The van der Waals surface area contributed by atoms with Crippen LogP contribution in [0.25, 0.3) is 11.3 Å². The minimum Gasteiger partial charge on any atom is -0.336 e. The molecule has 0 radical (unpaired) electrons. The minimum absolute atomic E-state index is 0.00241. The maximum atomic E-state index is 15.8. The molecule has 3 aromatic carbocycles. The van der Waals surface area contributed by atoms with Crippen LogP contribution in [-0.4, -0.2) is 41.5 Å². The van der Waals surface area contributed by atoms with Gasteiger partial charge >= 0.3 is 0 Å². The van der Waals surface area contributed by atoms with E-state index in [1.165, 1.54) is 34.2 Å². The van der Waals surface area contributed by atoms with Crippen molar-refractivity contribution in [2.24, 2.45) is 7.05 Å². The molecule has 2 N–H and O–H groups in total. The predicted octanol–water partition coefficient (Wildman–Crippen LogP) is 5.32. The molecule has 0 aliphatic heterocycles. The topological polar surface area (TPSA) is 113 Å². The van der Waals surface area contributed by atoms with E-state index in [1.807, 2.05) is 12.1 Å². The van der Waals surface area contributed by atoms with Crippen LogP contribution in [0.2, 0.25) is 0 Å². The van der Waals surface area contributed by atoms with E-state index < -0.39 is 27.3 Å². The number of rotatable bonds is 11. The molecule has 4 rings (SSSR count). The SMILES string of the molecule is CCCCc1ccccc1C(=O)Nc1cccc(-c2cn(C)c(=O)c(Nc3ccc(CN(C)S(C)(=O)=O)cc3)n2)c1F. The van der Waals surface area contributed by atoms with Gasteiger partial charge in [-0.25, -0.2) is 22.1 Å². The second kappa shape index (κ2) is 13.1. The molecule has 1 heterocycles. The van der Waals surface area contributed by atoms with Crippen molar-refractivity contribution < 1.29 is 17.6 Å². The van der Waals surface area contributed by atoms with E-state index in [9.17, 15) is 18.0 Å². The summed E-state index contributed by atoms with van der Waals surface area (Å²) in [7, 11) is -0.291. The average Bonchev–Trinajstić information content (AvgIpc) is 2.96. The largest absolute Gasteiger partial charge is 0.336 e. The highest BCUT2D eigenvalue weighted by molar-refractivity contribution is 7.88. The Balaban J connectivity index is 1.58. The van der Waals surface area contributed by atoms with Crippen LogP contribution in [0.1, 0.15) is 41.3 Å². The number of nitrogens with one attached hydrogen (secondary N) is 2. The third-order valence-electron chi connectivity index (χ3n) is 6.84. The lowest BCUT2D eigenvalue weighted by atomic mass is 10.0. The van der Waals surface area contributed by atoms with Crippen molar-refractivity contribution >= 4 is 33.1 Å². The molecule has 0 fully saturated rings. The van der Waals surface area contributed by atoms with Crippen molar-refractivity contribution in [2.75, 3.05) is 23.9 Å². The van der Waals surface area contributed by atoms with Gasteiger partial charge in [-0.3, -0.25) is 9.59 Å². The van der Waals surface area contributed by atoms with Crippen LogP contribution in [0.15, 0.2) is 77.7 Å². The van der Waals surface area contributed by atoms with Gasteiger partial charge in [-0.1, -0.05) is 49.7 Å². The van der Waals surface area contributed by atoms with Crippen LogP contribution in [-0.2, 0) is 30.0 Å². The first-order chi connectivity index (χ1) is 20.0. The fourth-order valence-electron chi connectivity index (χ4n) is 4.37. The summed E-state index contributed by atoms with van der Waals surface area (Å²) >= 11 is 0. The van der Waals surface area contributed by atoms with Crippen molar-refractivity contribution in [3.63, 3.8) is 0 Å². The number of unbranched alkanes of at least 4 members (excludes halogenated alkanes) is 1. The number of carbonyl (C=O) groups is 1. The van der Waals surface area contributed by atoms with Crippen molar-refractivity contribution in [2.45, 2.75) is 32.7 Å². The van der Waals surface area contributed by atoms with E-state index in [1.54, 1.807) is 49.5 Å². The second-order valence-electron chi connectivity index (χ2n) is 10.1. The molecule has 0 unspecified atom stereocenters. The molecule has 0 saturated carbocycles. The lowest BCUT2D eigenvalue weighted by Crippen LogP contribution is -2.24. The lowest BCUT2D eigenvalue weighted by molar-refractivity contribution is 0.102. The Bertz CT molecular complexity index is 1750. The van der Waals surface area contributed by atoms with Gasteiger partial charge in [-0.05, 0) is 54.3 Å². The van der Waals surface area contributed by atoms with Crippen LogP contribution in [0.5, 0.6) is 0 Å². The zero-order chi connectivity index (χ0) is 30.4. The molecule has 1 amide bonds. The van der Waals surface area contributed by atoms with Crippen molar-refractivity contribution in [1.29, 1.82) is 0 Å². The maximum Gasteiger partial charge on any atom is 0.293 e. The van der Waals surface area contributed by atoms with Crippen LogP contribution in [0, 0.1) is 5.82 Å². The Morgan fingerprint density at radius 2 is 1.76 bits per heavy atom. The average molecular weight is 592 g/mol. The minimum atomic E-state index is -3.32. The first kappa shape index (κ1) is 30.6. The molecule has 9 nitrogen and oxygen atoms in total. The van der Waals surface area contributed by atoms with Gasteiger partial charge in [0.2, 0.25) is 10.0 Å². The van der Waals surface area contributed by atoms with Crippen LogP contribution >= 0.6 is 0 Å². The van der Waals surface area contributed by atoms with E-state index in [2.05, 4.69) is 22.5 Å². The van der Waals surface area contributed by atoms with Gasteiger partial charge in [0.1, 0.15) is 0 Å². The predicted molar refractivity (Wildman–Crippen MR) is 164 cm³/mol. The Hall–Kier alpha value is -4.35. The van der Waals surface area contributed by atoms with Crippen LogP contribution in [0.3, 0.4) is 0 Å². The van der Waals surface area contributed by atoms with Gasteiger partial charge in [0.05, 0.1) is 17.6 Å². The number of amides is 1. The zero-order valence-corrected chi connectivity index (χ0v) is 24.8. The number of hydrogen-bond donors (Lipinski definition) is 2. The Morgan fingerprint density at radius 1 is 1.05 bits per heavy atom. The third-order valence-corrected chi connectivity index (χ3v) is 8.11. The first-order valence-corrected chi connectivity index (χ1v) is 15.4. The smallest absolute Gasteiger partial charge is 0.293 e. The number of sulfonamides is 1. The summed E-state index contributed by atoms with van der Waals surface area (Å²) in [6.45, 7) is 2.28. The molecule has 4 aromatic rings. The summed E-state index contributed by atoms with van der Waals surface area (Å²) in [6, 6.07) is 18.8. The summed E-state index contributed by atoms with van der Waals surface area (Å²) in [5, 5.41) is 5.67. The summed E-state index contributed by atoms with van der Waals surface area (Å²) < 4.78 is 41.7. The molecule has 0 aliphatic rings. The Labute approximate surface area is 245 Å². The number of anilines is 3. The fraction of sp³-hybridized carbons (Fsp3) is 0.258. The third kappa shape index (κ3) is 7.29. The monoisotopic (exact) mass is 591 g/mol. The number of nitrogens with zero attached hydrogens (tertiary/aromatic N) is 3. The van der Waals surface area contributed by atoms with E-state index in [-0.39, 0.29) is 29.3 Å². The van der Waals surface area contributed by atoms with Gasteiger partial charge in [0.15, 0.2) is 11.6 Å². The van der Waals surface area contributed by atoms with E-state index in [4.69, 9.17) is 0 Å². The molecule has 0 aliphatic carbocycles. The lowest BCUT2D eigenvalue weighted by Gasteiger charge is -2.15. The number of halogens is 1. The summed E-state index contributed by atoms with van der Waals surface area (Å²) in [5.74, 6) is -1.09. The van der Waals surface area contributed by atoms with E-state index in [0.717, 1.165) is 36.6 Å². The number of benzene rings is 3. The maximum absolute atomic E-state index is 15.8. The second-order valence-corrected chi connectivity index (χ2v) is 12.2. The molecule has 220 valence electrons. The van der Waals surface area contributed by atoms with Crippen LogP contribution in [0.4, 0.5) is 21.6 Å². The Kier molecular flexibility index (Phi) is 9.54. The molecular formula is C31H34FN5O4S. The number of aromatic nitrogens is 2. The highest BCUT2D eigenvalue weighted by atomic mass is 32.2. The van der Waals surface area contributed by atoms with Gasteiger partial charge in [-0.15, -0.1) is 0 Å². The van der Waals surface area contributed by atoms with E-state index in [0.29, 0.717) is 11.3 Å². The van der Waals surface area contributed by atoms with Crippen LogP contribution < -0.4 is 16.2 Å². The summed E-state index contributed by atoms with van der Waals surface area (Å²) in [6.07, 6.45) is 5.25. The van der Waals surface area contributed by atoms with Gasteiger partial charge in [0.25, 0.3) is 11.5 Å². The molecule has 0 saturated heterocycles. The quantitative estimate of drug-likeness (QED) is 0.244. The van der Waals surface area contributed by atoms with Gasteiger partial charge in [-0.2, -0.15) is 0 Å². The fourth-order valence-corrected chi connectivity index (χ4v) is 4.75. The van der Waals surface area contributed by atoms with Gasteiger partial charge < -0.3 is 15.2 Å². The molecule has 0 bridgehead atoms. The first-order valence-electron chi connectivity index (χ1n) is 13.5. The highest BCUT2D eigenvalue weighted by Gasteiger charge is 2.18. The molecule has 42 heavy (non-hydrogen) atoms. The summed E-state index contributed by atoms with van der Waals surface area (Å²) in [5.41, 5.74) is 2.60. The van der Waals surface area contributed by atoms with E-state index >= 15 is 4.39 Å². The normalized spacial score (nSPS) is 11.5. The Morgan fingerprint density at radius 3 is 2.45 bits per heavy atom. The van der Waals surface area contributed by atoms with Gasteiger partial charge in [0, 0.05) is 43.7 Å². The standard InChI is InChI=1S/C31H34FN5O4S/c1-5-6-10-22-11-7-8-12-24(22)30(38)35-26-14-9-13-25(28(26)32)27-20-36(2)31(39)29(34-27)33-23-17-15-21(16-18-23)19-37(3)42(4,40)41/h7-9,11-18,20H,5-6,10,19H2,1-4H3,(H,33,34)(H,35,38). The van der Waals surface area contributed by atoms with Crippen molar-refractivity contribution in [1.82, 2.24) is 13.9 Å². The number of hydrogen-bond acceptors (Lipinski definition) is 6. The number of carbonyl (C=O) groups excluding carboxylic acids is 1. The summed E-state index contributed by atoms with van der Waals surface area (Å²) in [4.78, 5) is 30.4. The molecule has 0 spiro atoms. The zero-order valence-electron chi connectivity index (χ0n) is 24.0. The van der Waals surface area contributed by atoms with Crippen molar-refractivity contribution in [3.8, 4) is 11.3 Å². The highest BCUT2D eigenvalue weighted by Crippen LogP contribution is 2.28. The molecular weight excluding hydrogens is 557 g/mol. The molecule has 1 aromatic heterocycles. The molecule has 0 atom stereocenters. The molecule has 11 heteroatoms. The number of aryl methyl sites for hydroxylation is 2. The van der Waals surface area contributed by atoms with Crippen molar-refractivity contribution in [3.05, 3.63) is 106 Å².